The number of carbonyl (C=O) groups is 6. The van der Waals surface area contributed by atoms with Crippen molar-refractivity contribution in [2.75, 3.05) is 0 Å². The van der Waals surface area contributed by atoms with Crippen LogP contribution in [0.4, 0.5) is 0 Å². The van der Waals surface area contributed by atoms with Crippen molar-refractivity contribution in [3.05, 3.63) is 176 Å². The van der Waals surface area contributed by atoms with E-state index < -0.39 is 0 Å². The molecule has 112 heavy (non-hydrogen) atoms. The molecule has 0 aromatic heterocycles. The van der Waals surface area contributed by atoms with Gasteiger partial charge < -0.3 is 4.65 Å². The lowest BCUT2D eigenvalue weighted by Gasteiger charge is -2.23. The first kappa shape index (κ1) is 85.1. The van der Waals surface area contributed by atoms with Crippen LogP contribution in [0.2, 0.25) is 72.5 Å². The second-order valence-corrected chi connectivity index (χ2v) is 37.2. The van der Waals surface area contributed by atoms with E-state index in [0.717, 1.165) is 82.6 Å². The minimum absolute atomic E-state index is 0. The molecule has 6 heterocycles. The third-order valence-corrected chi connectivity index (χ3v) is 28.7. The van der Waals surface area contributed by atoms with Crippen LogP contribution in [0.25, 0.3) is 0 Å². The molecule has 6 aliphatic heterocycles. The molecule has 13 heteroatoms. The molecule has 590 valence electrons. The summed E-state index contributed by atoms with van der Waals surface area (Å²) in [6, 6.07) is 40.0. The molecule has 0 atom stereocenters. The smallest absolute Gasteiger partial charge is 0.324 e. The summed E-state index contributed by atoms with van der Waals surface area (Å²) in [5.41, 5.74) is 24.9. The Morgan fingerprint density at radius 1 is 0.259 bits per heavy atom. The number of hydrogen-bond acceptors (Lipinski definition) is 7. The largest absolute Gasteiger partial charge is 0.427 e. The second-order valence-electron chi connectivity index (χ2n) is 37.2. The fourth-order valence-corrected chi connectivity index (χ4v) is 20.7. The first-order valence-electron chi connectivity index (χ1n) is 45.4. The van der Waals surface area contributed by atoms with Gasteiger partial charge in [0, 0.05) is 74.0 Å². The van der Waals surface area contributed by atoms with Gasteiger partial charge in [-0.1, -0.05) is 341 Å². The van der Waals surface area contributed by atoms with Crippen LogP contribution < -0.4 is 32.8 Å². The van der Waals surface area contributed by atoms with E-state index in [1.807, 2.05) is 0 Å². The number of carbonyl (C=O) groups excluding carboxylic acids is 6. The van der Waals surface area contributed by atoms with Crippen LogP contribution in [0.5, 0.6) is 0 Å². The zero-order valence-electron chi connectivity index (χ0n) is 69.3. The fraction of sp³-hybridized carbons (Fsp3) is 0.576. The molecule has 0 spiro atoms. The summed E-state index contributed by atoms with van der Waals surface area (Å²) >= 11 is 0. The van der Waals surface area contributed by atoms with Crippen molar-refractivity contribution in [3.8, 4) is 0 Å². The number of Topliss-reactive ketones (excluding diaryl/α,β-unsaturated/α-hetero) is 6. The number of aryl methyl sites for hydroxylation is 5. The molecule has 0 amide bonds. The Bertz CT molecular complexity index is 4180. The molecule has 6 aliphatic carbocycles. The average Bonchev–Trinajstić information content (AvgIpc) is 1.69. The van der Waals surface area contributed by atoms with Gasteiger partial charge in [-0.3, -0.25) is 28.8 Å². The Hall–Kier alpha value is -6.31. The standard InChI is InChI=1S/C19H27BO.C17H23BO2.C17H23BO.C16H21BO.C15H19BO.C14H17BO.CH4/c1-20-12-11-16-10-9-15(13-18(16)20)14-19(21)17-7-5-3-2-4-6-8-17;1-18-16-10-13(8-9-15(16)12-20-18)11-17(19)14-6-4-2-3-5-7-14;1-18-10-9-14-8-7-13(11-16(14)18)12-17(19)15-5-3-2-4-6-15;1-17-9-8-13-7-6-12(10-15(13)17)11-16(18)14-4-2-3-5-14;1-16-8-7-12-6-5-11(9-14(12)16)10-15(17)13-3-2-4-13;1-15-7-6-11-3-2-10(8-13(11)15)9-14(16)12-4-5-12;/h9-10,13,17H,2-8,11-12,14H2,1H3;8-10,14H,2-7,11-12H2,1H3;7-8,11,15H,2-6,9-10,12H2,1H3;6-7,10,14H,2-5,8-9,11H2,1H3;5-6,9,13H,2-4,7-8,10H2,1H3;2-3,8,12H,4-7,9H2,1H3;1H4. The van der Waals surface area contributed by atoms with E-state index >= 15 is 0 Å². The summed E-state index contributed by atoms with van der Waals surface area (Å²) in [5.74, 6) is 4.90. The highest BCUT2D eigenvalue weighted by Crippen LogP contribution is 2.34. The normalized spacial score (nSPS) is 19.2. The van der Waals surface area contributed by atoms with Crippen LogP contribution in [0.1, 0.15) is 248 Å². The number of ketones is 6. The van der Waals surface area contributed by atoms with Gasteiger partial charge in [0.2, 0.25) is 0 Å². The van der Waals surface area contributed by atoms with E-state index in [0.29, 0.717) is 149 Å². The number of benzene rings is 6. The molecule has 6 aromatic rings. The maximum atomic E-state index is 12.6. The van der Waals surface area contributed by atoms with E-state index in [1.54, 1.807) is 0 Å². The predicted octanol–water partition coefficient (Wildman–Crippen LogP) is 18.5. The SMILES string of the molecule is C.CB1CCc2ccc(CC(=O)C3CC3)cc21.CB1CCc2ccc(CC(=O)C3CCC3)cc21.CB1CCc2ccc(CC(=O)C3CCCC3)cc21.CB1CCc2ccc(CC(=O)C3CCCCC3)cc21.CB1CCc2ccc(CC(=O)C3CCCCCCC3)cc21.CB1OCc2ccc(CC(=O)C3CCCCCC3)cc21. The van der Waals surface area contributed by atoms with Gasteiger partial charge >= 0.3 is 6.92 Å². The van der Waals surface area contributed by atoms with Gasteiger partial charge in [-0.15, -0.1) is 0 Å². The molecule has 0 bridgehead atoms. The lowest BCUT2D eigenvalue weighted by molar-refractivity contribution is -0.125. The number of rotatable bonds is 18. The summed E-state index contributed by atoms with van der Waals surface area (Å²) < 4.78 is 5.63. The van der Waals surface area contributed by atoms with Crippen molar-refractivity contribution in [3.63, 3.8) is 0 Å². The summed E-state index contributed by atoms with van der Waals surface area (Å²) in [6.45, 7) is 17.9. The van der Waals surface area contributed by atoms with Crippen LogP contribution in [-0.2, 0) is 111 Å². The van der Waals surface area contributed by atoms with Crippen molar-refractivity contribution in [1.82, 2.24) is 0 Å². The Morgan fingerprint density at radius 2 is 0.455 bits per heavy atom. The molecule has 0 N–H and O–H groups in total. The topological polar surface area (TPSA) is 112 Å². The summed E-state index contributed by atoms with van der Waals surface area (Å²) in [6.07, 6.45) is 48.9. The molecule has 18 rings (SSSR count). The number of hydrogen-bond donors (Lipinski definition) is 0. The van der Waals surface area contributed by atoms with Gasteiger partial charge in [-0.05, 0) is 154 Å². The Labute approximate surface area is 679 Å². The molecule has 7 nitrogen and oxygen atoms in total. The molecule has 12 aliphatic rings. The lowest BCUT2D eigenvalue weighted by atomic mass is 9.48. The van der Waals surface area contributed by atoms with Gasteiger partial charge in [0.15, 0.2) is 33.6 Å². The van der Waals surface area contributed by atoms with Gasteiger partial charge in [0.25, 0.3) is 0 Å². The van der Waals surface area contributed by atoms with Crippen molar-refractivity contribution in [2.45, 2.75) is 331 Å². The van der Waals surface area contributed by atoms with E-state index in [-0.39, 0.29) is 14.3 Å². The first-order valence-corrected chi connectivity index (χ1v) is 45.4. The molecule has 6 saturated carbocycles. The maximum Gasteiger partial charge on any atom is 0.324 e. The summed E-state index contributed by atoms with van der Waals surface area (Å²) in [7, 11) is 0. The fourth-order valence-electron chi connectivity index (χ4n) is 20.7. The summed E-state index contributed by atoms with van der Waals surface area (Å²) in [5, 5.41) is 0. The predicted molar refractivity (Wildman–Crippen MR) is 478 cm³/mol. The molecule has 0 unspecified atom stereocenters. The van der Waals surface area contributed by atoms with Crippen LogP contribution in [-0.4, -0.2) is 75.2 Å². The van der Waals surface area contributed by atoms with E-state index in [2.05, 4.69) is 150 Å². The highest BCUT2D eigenvalue weighted by Gasteiger charge is 2.33. The van der Waals surface area contributed by atoms with Crippen LogP contribution in [0.3, 0.4) is 0 Å². The van der Waals surface area contributed by atoms with Crippen molar-refractivity contribution >= 4 is 108 Å². The molecule has 6 fully saturated rings. The molecular formula is C99H134B6O7. The highest BCUT2D eigenvalue weighted by atomic mass is 16.4. The molecule has 6 aromatic carbocycles. The van der Waals surface area contributed by atoms with Crippen LogP contribution in [0, 0.1) is 35.5 Å². The van der Waals surface area contributed by atoms with E-state index in [9.17, 15) is 28.8 Å². The van der Waals surface area contributed by atoms with Crippen molar-refractivity contribution < 1.29 is 33.4 Å². The van der Waals surface area contributed by atoms with Crippen molar-refractivity contribution in [2.24, 2.45) is 35.5 Å². The van der Waals surface area contributed by atoms with Gasteiger partial charge in [0.05, 0.1) is 6.61 Å². The van der Waals surface area contributed by atoms with Crippen LogP contribution >= 0.6 is 0 Å². The lowest BCUT2D eigenvalue weighted by Crippen LogP contribution is -2.26. The third kappa shape index (κ3) is 23.3. The van der Waals surface area contributed by atoms with Gasteiger partial charge in [0.1, 0.15) is 34.7 Å². The minimum atomic E-state index is 0. The third-order valence-electron chi connectivity index (χ3n) is 28.7. The molecule has 0 saturated heterocycles. The highest BCUT2D eigenvalue weighted by molar-refractivity contribution is 6.75. The number of fused-ring (bicyclic) bond motifs is 6. The quantitative estimate of drug-likeness (QED) is 0.0622. The van der Waals surface area contributed by atoms with E-state index in [1.165, 1.54) is 254 Å². The molecule has 0 radical (unpaired) electrons. The van der Waals surface area contributed by atoms with E-state index in [4.69, 9.17) is 4.65 Å². The first-order chi connectivity index (χ1) is 53.9. The average molecular weight is 1500 g/mol. The van der Waals surface area contributed by atoms with Crippen LogP contribution in [0.15, 0.2) is 109 Å². The minimum Gasteiger partial charge on any atom is -0.427 e. The summed E-state index contributed by atoms with van der Waals surface area (Å²) in [4.78, 5) is 73.4. The zero-order valence-corrected chi connectivity index (χ0v) is 69.3. The Kier molecular flexibility index (Phi) is 31.5. The Morgan fingerprint density at radius 3 is 0.688 bits per heavy atom. The molecular weight excluding hydrogens is 1370 g/mol. The zero-order chi connectivity index (χ0) is 77.3. The van der Waals surface area contributed by atoms with Gasteiger partial charge in [-0.25, -0.2) is 0 Å². The van der Waals surface area contributed by atoms with Crippen molar-refractivity contribution in [1.29, 1.82) is 0 Å². The Balaban J connectivity index is 0.000000125. The maximum absolute atomic E-state index is 12.6. The second kappa shape index (κ2) is 41.5. The monoisotopic (exact) mass is 1500 g/mol. The van der Waals surface area contributed by atoms with Gasteiger partial charge in [-0.2, -0.15) is 0 Å².